The quantitative estimate of drug-likeness (QED) is 0.883. The molecule has 1 aromatic carbocycles. The monoisotopic (exact) mass is 311 g/mol. The zero-order chi connectivity index (χ0) is 16.4. The molecule has 0 bridgehead atoms. The highest BCUT2D eigenvalue weighted by atomic mass is 16.5. The van der Waals surface area contributed by atoms with Crippen LogP contribution in [0.2, 0.25) is 0 Å². The largest absolute Gasteiger partial charge is 0.481 e. The molecule has 1 amide bonds. The van der Waals surface area contributed by atoms with E-state index in [-0.39, 0.29) is 5.91 Å². The lowest BCUT2D eigenvalue weighted by Crippen LogP contribution is -2.34. The van der Waals surface area contributed by atoms with Crippen LogP contribution in [-0.2, 0) is 11.3 Å². The molecule has 1 N–H and O–H groups in total. The van der Waals surface area contributed by atoms with Gasteiger partial charge in [-0.15, -0.1) is 0 Å². The molecule has 1 atom stereocenters. The van der Waals surface area contributed by atoms with Gasteiger partial charge in [-0.2, -0.15) is 5.10 Å². The molecular formula is C18H21N3O2. The lowest BCUT2D eigenvalue weighted by atomic mass is 10.1. The van der Waals surface area contributed by atoms with Gasteiger partial charge >= 0.3 is 0 Å². The fourth-order valence-corrected chi connectivity index (χ4v) is 2.65. The van der Waals surface area contributed by atoms with E-state index < -0.39 is 6.10 Å². The average Bonchev–Trinajstić information content (AvgIpc) is 3.13. The first-order chi connectivity index (χ1) is 11.1. The van der Waals surface area contributed by atoms with Crippen LogP contribution in [0.4, 0.5) is 0 Å². The molecule has 2 aromatic rings. The van der Waals surface area contributed by atoms with Crippen LogP contribution in [0, 0.1) is 13.8 Å². The number of hydrazone groups is 1. The average molecular weight is 311 g/mol. The van der Waals surface area contributed by atoms with Crippen molar-refractivity contribution in [2.24, 2.45) is 5.10 Å². The van der Waals surface area contributed by atoms with E-state index in [1.807, 2.05) is 50.4 Å². The summed E-state index contributed by atoms with van der Waals surface area (Å²) in [6, 6.07) is 9.82. The smallest absolute Gasteiger partial charge is 0.280 e. The van der Waals surface area contributed by atoms with Gasteiger partial charge in [0, 0.05) is 19.2 Å². The molecule has 0 spiro atoms. The van der Waals surface area contributed by atoms with Crippen molar-refractivity contribution in [1.82, 2.24) is 9.99 Å². The Labute approximate surface area is 136 Å². The van der Waals surface area contributed by atoms with Gasteiger partial charge in [0.05, 0.1) is 11.4 Å². The molecule has 5 nitrogen and oxygen atoms in total. The number of amides is 1. The van der Waals surface area contributed by atoms with E-state index in [4.69, 9.17) is 4.74 Å². The predicted molar refractivity (Wildman–Crippen MR) is 89.7 cm³/mol. The van der Waals surface area contributed by atoms with E-state index in [0.717, 1.165) is 41.2 Å². The summed E-state index contributed by atoms with van der Waals surface area (Å²) in [5.74, 6) is 0.485. The third kappa shape index (κ3) is 3.13. The number of rotatable bonds is 4. The Morgan fingerprint density at radius 3 is 2.96 bits per heavy atom. The number of benzene rings is 1. The number of aromatic nitrogens is 1. The molecule has 0 saturated heterocycles. The summed E-state index contributed by atoms with van der Waals surface area (Å²) in [5.41, 5.74) is 6.78. The molecule has 0 fully saturated rings. The first-order valence-electron chi connectivity index (χ1n) is 7.81. The van der Waals surface area contributed by atoms with Crippen molar-refractivity contribution >= 4 is 11.6 Å². The zero-order valence-corrected chi connectivity index (χ0v) is 13.7. The summed E-state index contributed by atoms with van der Waals surface area (Å²) >= 11 is 0. The van der Waals surface area contributed by atoms with E-state index in [9.17, 15) is 4.79 Å². The molecule has 3 rings (SSSR count). The van der Waals surface area contributed by atoms with Crippen LogP contribution in [-0.4, -0.2) is 22.3 Å². The van der Waals surface area contributed by atoms with Gasteiger partial charge in [0.25, 0.3) is 5.91 Å². The second kappa shape index (κ2) is 6.28. The van der Waals surface area contributed by atoms with Crippen molar-refractivity contribution in [1.29, 1.82) is 0 Å². The number of nitrogens with one attached hydrogen (secondary N) is 1. The number of fused-ring (bicyclic) bond motifs is 1. The second-order valence-electron chi connectivity index (χ2n) is 5.83. The minimum atomic E-state index is -0.604. The molecule has 1 aromatic heterocycles. The van der Waals surface area contributed by atoms with Crippen molar-refractivity contribution in [3.8, 4) is 5.75 Å². The Kier molecular flexibility index (Phi) is 4.19. The summed E-state index contributed by atoms with van der Waals surface area (Å²) < 4.78 is 7.90. The summed E-state index contributed by atoms with van der Waals surface area (Å²) in [6.45, 7) is 6.65. The number of hydrogen-bond acceptors (Lipinski definition) is 3. The molecule has 1 unspecified atom stereocenters. The van der Waals surface area contributed by atoms with E-state index in [2.05, 4.69) is 15.1 Å². The second-order valence-corrected chi connectivity index (χ2v) is 5.83. The van der Waals surface area contributed by atoms with Crippen molar-refractivity contribution in [2.45, 2.75) is 39.8 Å². The van der Waals surface area contributed by atoms with Gasteiger partial charge < -0.3 is 9.30 Å². The van der Waals surface area contributed by atoms with Crippen LogP contribution >= 0.6 is 0 Å². The molecule has 120 valence electrons. The minimum absolute atomic E-state index is 0.247. The van der Waals surface area contributed by atoms with Crippen LogP contribution in [0.25, 0.3) is 0 Å². The number of carbonyl (C=O) groups is 1. The van der Waals surface area contributed by atoms with Gasteiger partial charge in [-0.25, -0.2) is 5.43 Å². The lowest BCUT2D eigenvalue weighted by molar-refractivity contribution is -0.127. The molecular weight excluding hydrogens is 290 g/mol. The number of carbonyl (C=O) groups excluding carboxylic acids is 1. The predicted octanol–water partition coefficient (Wildman–Crippen LogP) is 2.80. The third-order valence-electron chi connectivity index (χ3n) is 4.24. The molecule has 0 aliphatic carbocycles. The summed E-state index contributed by atoms with van der Waals surface area (Å²) in [6.07, 6.45) is 2.25. The first-order valence-corrected chi connectivity index (χ1v) is 7.81. The van der Waals surface area contributed by atoms with E-state index >= 15 is 0 Å². The summed E-state index contributed by atoms with van der Waals surface area (Å²) in [5, 5.41) is 4.26. The highest BCUT2D eigenvalue weighted by Crippen LogP contribution is 2.21. The lowest BCUT2D eigenvalue weighted by Gasteiger charge is -2.16. The maximum Gasteiger partial charge on any atom is 0.280 e. The topological polar surface area (TPSA) is 55.6 Å². The number of aryl methyl sites for hydroxylation is 2. The van der Waals surface area contributed by atoms with Gasteiger partial charge in [0.15, 0.2) is 6.10 Å². The first kappa shape index (κ1) is 15.3. The number of nitrogens with zero attached hydrogens (tertiary/aromatic N) is 2. The van der Waals surface area contributed by atoms with Crippen molar-refractivity contribution < 1.29 is 9.53 Å². The van der Waals surface area contributed by atoms with E-state index in [1.165, 1.54) is 0 Å². The Bertz CT molecular complexity index is 761. The normalized spacial score (nSPS) is 16.2. The fraction of sp³-hybridized carbons (Fsp3) is 0.333. The van der Waals surface area contributed by atoms with Gasteiger partial charge in [-0.1, -0.05) is 12.1 Å². The molecule has 1 aliphatic heterocycles. The van der Waals surface area contributed by atoms with Crippen molar-refractivity contribution in [3.63, 3.8) is 0 Å². The van der Waals surface area contributed by atoms with Crippen LogP contribution < -0.4 is 10.2 Å². The van der Waals surface area contributed by atoms with E-state index in [1.54, 1.807) is 6.92 Å². The number of ether oxygens (including phenoxy) is 1. The highest BCUT2D eigenvalue weighted by molar-refractivity contribution is 6.01. The van der Waals surface area contributed by atoms with Gasteiger partial charge in [-0.05, 0) is 50.1 Å². The van der Waals surface area contributed by atoms with Crippen LogP contribution in [0.5, 0.6) is 5.75 Å². The van der Waals surface area contributed by atoms with Crippen LogP contribution in [0.3, 0.4) is 0 Å². The standard InChI is InChI=1S/C18H21N3O2/c1-12-6-4-8-17(13(12)2)23-14(3)18(22)20-19-15-9-11-21-10-5-7-16(15)21/h4-8,10,14H,9,11H2,1-3H3,(H,20,22). The molecule has 23 heavy (non-hydrogen) atoms. The zero-order valence-electron chi connectivity index (χ0n) is 13.7. The summed E-state index contributed by atoms with van der Waals surface area (Å²) in [4.78, 5) is 12.2. The van der Waals surface area contributed by atoms with Gasteiger partial charge in [-0.3, -0.25) is 4.79 Å². The highest BCUT2D eigenvalue weighted by Gasteiger charge is 2.19. The molecule has 5 heteroatoms. The minimum Gasteiger partial charge on any atom is -0.481 e. The molecule has 0 radical (unpaired) electrons. The van der Waals surface area contributed by atoms with E-state index in [0.29, 0.717) is 0 Å². The molecule has 0 saturated carbocycles. The Morgan fingerprint density at radius 1 is 1.30 bits per heavy atom. The Balaban J connectivity index is 1.64. The molecule has 2 heterocycles. The maximum absolute atomic E-state index is 12.2. The SMILES string of the molecule is Cc1cccc(OC(C)C(=O)NN=C2CCn3cccc32)c1C. The Morgan fingerprint density at radius 2 is 2.13 bits per heavy atom. The van der Waals surface area contributed by atoms with Gasteiger partial charge in [0.2, 0.25) is 0 Å². The van der Waals surface area contributed by atoms with Crippen LogP contribution in [0.15, 0.2) is 41.6 Å². The molecule has 1 aliphatic rings. The van der Waals surface area contributed by atoms with Crippen molar-refractivity contribution in [3.05, 3.63) is 53.3 Å². The maximum atomic E-state index is 12.2. The van der Waals surface area contributed by atoms with Crippen LogP contribution in [0.1, 0.15) is 30.2 Å². The number of hydrogen-bond donors (Lipinski definition) is 1. The Hall–Kier alpha value is -2.56. The fourth-order valence-electron chi connectivity index (χ4n) is 2.65. The summed E-state index contributed by atoms with van der Waals surface area (Å²) in [7, 11) is 0. The van der Waals surface area contributed by atoms with Gasteiger partial charge in [0.1, 0.15) is 5.75 Å². The van der Waals surface area contributed by atoms with Crippen molar-refractivity contribution in [2.75, 3.05) is 0 Å². The third-order valence-corrected chi connectivity index (χ3v) is 4.24.